The zero-order valence-electron chi connectivity index (χ0n) is 10.1. The first-order valence-corrected chi connectivity index (χ1v) is 7.36. The summed E-state index contributed by atoms with van der Waals surface area (Å²) in [6.07, 6.45) is 2.37. The van der Waals surface area contributed by atoms with Gasteiger partial charge in [-0.25, -0.2) is 4.72 Å². The Morgan fingerprint density at radius 1 is 1.53 bits per heavy atom. The molecule has 1 aliphatic rings. The Hall–Kier alpha value is -0.660. The smallest absolute Gasteiger partial charge is 0.303 e. The highest BCUT2D eigenvalue weighted by Crippen LogP contribution is 2.22. The molecule has 6 nitrogen and oxygen atoms in total. The van der Waals surface area contributed by atoms with Gasteiger partial charge in [0.1, 0.15) is 0 Å². The maximum atomic E-state index is 11.8. The highest BCUT2D eigenvalue weighted by Gasteiger charge is 2.28. The van der Waals surface area contributed by atoms with Crippen LogP contribution in [0.3, 0.4) is 0 Å². The van der Waals surface area contributed by atoms with Crippen molar-refractivity contribution in [1.82, 2.24) is 9.03 Å². The van der Waals surface area contributed by atoms with E-state index >= 15 is 0 Å². The normalized spacial score (nSPS) is 22.5. The van der Waals surface area contributed by atoms with E-state index in [0.29, 0.717) is 26.1 Å². The van der Waals surface area contributed by atoms with Crippen molar-refractivity contribution in [3.8, 4) is 0 Å². The van der Waals surface area contributed by atoms with Gasteiger partial charge in [-0.05, 0) is 25.2 Å². The standard InChI is InChI=1S/C10H20N2O4S/c1-2-11-17(15,16)12-7-3-4-9(8-12)5-6-10(13)14/h9,11H,2-8H2,1H3,(H,13,14). The van der Waals surface area contributed by atoms with Crippen LogP contribution in [0.5, 0.6) is 0 Å². The fraction of sp³-hybridized carbons (Fsp3) is 0.900. The number of carbonyl (C=O) groups is 1. The zero-order valence-corrected chi connectivity index (χ0v) is 10.9. The number of hydrogen-bond acceptors (Lipinski definition) is 3. The SMILES string of the molecule is CCNS(=O)(=O)N1CCCC(CCC(=O)O)C1. The summed E-state index contributed by atoms with van der Waals surface area (Å²) in [4.78, 5) is 10.5. The summed E-state index contributed by atoms with van der Waals surface area (Å²) in [5, 5.41) is 8.61. The molecule has 1 heterocycles. The summed E-state index contributed by atoms with van der Waals surface area (Å²) >= 11 is 0. The number of nitrogens with zero attached hydrogens (tertiary/aromatic N) is 1. The van der Waals surface area contributed by atoms with Crippen molar-refractivity contribution in [3.63, 3.8) is 0 Å². The first kappa shape index (κ1) is 14.4. The summed E-state index contributed by atoms with van der Waals surface area (Å²) in [5.74, 6) is -0.662. The van der Waals surface area contributed by atoms with Gasteiger partial charge in [-0.2, -0.15) is 12.7 Å². The highest BCUT2D eigenvalue weighted by molar-refractivity contribution is 7.87. The maximum absolute atomic E-state index is 11.8. The molecule has 0 aliphatic carbocycles. The molecule has 0 amide bonds. The average molecular weight is 264 g/mol. The van der Waals surface area contributed by atoms with Crippen molar-refractivity contribution < 1.29 is 18.3 Å². The van der Waals surface area contributed by atoms with Gasteiger partial charge in [0.15, 0.2) is 0 Å². The third kappa shape index (κ3) is 4.61. The quantitative estimate of drug-likeness (QED) is 0.728. The maximum Gasteiger partial charge on any atom is 0.303 e. The van der Waals surface area contributed by atoms with E-state index in [1.165, 1.54) is 4.31 Å². The first-order valence-electron chi connectivity index (χ1n) is 5.92. The number of aliphatic carboxylic acids is 1. The summed E-state index contributed by atoms with van der Waals surface area (Å²) in [6, 6.07) is 0. The Bertz CT molecular complexity index is 355. The van der Waals surface area contributed by atoms with Crippen LogP contribution in [-0.4, -0.2) is 43.4 Å². The summed E-state index contributed by atoms with van der Waals surface area (Å²) in [6.45, 7) is 3.07. The predicted octanol–water partition coefficient (Wildman–Crippen LogP) is 0.417. The first-order chi connectivity index (χ1) is 7.95. The fourth-order valence-electron chi connectivity index (χ4n) is 2.08. The topological polar surface area (TPSA) is 86.7 Å². The van der Waals surface area contributed by atoms with Crippen LogP contribution in [0.4, 0.5) is 0 Å². The van der Waals surface area contributed by atoms with E-state index in [0.717, 1.165) is 12.8 Å². The van der Waals surface area contributed by atoms with Crippen molar-refractivity contribution in [2.75, 3.05) is 19.6 Å². The number of piperidine rings is 1. The lowest BCUT2D eigenvalue weighted by Gasteiger charge is -2.31. The van der Waals surface area contributed by atoms with Gasteiger partial charge in [0, 0.05) is 26.1 Å². The van der Waals surface area contributed by atoms with Crippen molar-refractivity contribution in [3.05, 3.63) is 0 Å². The second kappa shape index (κ2) is 6.32. The molecule has 0 spiro atoms. The molecule has 0 saturated carbocycles. The molecule has 0 aromatic carbocycles. The minimum atomic E-state index is -3.37. The van der Waals surface area contributed by atoms with E-state index < -0.39 is 16.2 Å². The zero-order chi connectivity index (χ0) is 12.9. The fourth-order valence-corrected chi connectivity index (χ4v) is 3.41. The van der Waals surface area contributed by atoms with E-state index in [2.05, 4.69) is 4.72 Å². The second-order valence-electron chi connectivity index (χ2n) is 4.30. The number of rotatable bonds is 6. The molecule has 1 atom stereocenters. The Morgan fingerprint density at radius 3 is 2.82 bits per heavy atom. The van der Waals surface area contributed by atoms with Crippen LogP contribution in [0, 0.1) is 5.92 Å². The Labute approximate surface area is 102 Å². The molecule has 0 bridgehead atoms. The molecule has 100 valence electrons. The lowest BCUT2D eigenvalue weighted by Crippen LogP contribution is -2.45. The van der Waals surface area contributed by atoms with Crippen molar-refractivity contribution in [2.24, 2.45) is 5.92 Å². The van der Waals surface area contributed by atoms with Crippen LogP contribution in [0.1, 0.15) is 32.6 Å². The molecular formula is C10H20N2O4S. The van der Waals surface area contributed by atoms with Gasteiger partial charge in [0.25, 0.3) is 10.2 Å². The highest BCUT2D eigenvalue weighted by atomic mass is 32.2. The van der Waals surface area contributed by atoms with Crippen LogP contribution in [-0.2, 0) is 15.0 Å². The monoisotopic (exact) mass is 264 g/mol. The molecule has 17 heavy (non-hydrogen) atoms. The van der Waals surface area contributed by atoms with Gasteiger partial charge in [-0.3, -0.25) is 4.79 Å². The predicted molar refractivity (Wildman–Crippen MR) is 63.8 cm³/mol. The van der Waals surface area contributed by atoms with E-state index in [1.807, 2.05) is 0 Å². The van der Waals surface area contributed by atoms with Crippen molar-refractivity contribution in [1.29, 1.82) is 0 Å². The molecule has 0 radical (unpaired) electrons. The lowest BCUT2D eigenvalue weighted by molar-refractivity contribution is -0.137. The van der Waals surface area contributed by atoms with Gasteiger partial charge in [-0.15, -0.1) is 0 Å². The van der Waals surface area contributed by atoms with Crippen molar-refractivity contribution in [2.45, 2.75) is 32.6 Å². The Morgan fingerprint density at radius 2 is 2.24 bits per heavy atom. The molecular weight excluding hydrogens is 244 g/mol. The number of carboxylic acids is 1. The lowest BCUT2D eigenvalue weighted by atomic mass is 9.95. The van der Waals surface area contributed by atoms with Crippen LogP contribution in [0.15, 0.2) is 0 Å². The number of hydrogen-bond donors (Lipinski definition) is 2. The molecule has 0 aromatic heterocycles. The molecule has 1 rings (SSSR count). The summed E-state index contributed by atoms with van der Waals surface area (Å²) in [5.41, 5.74) is 0. The molecule has 1 saturated heterocycles. The van der Waals surface area contributed by atoms with Crippen LogP contribution < -0.4 is 4.72 Å². The third-order valence-corrected chi connectivity index (χ3v) is 4.58. The van der Waals surface area contributed by atoms with Crippen LogP contribution in [0.2, 0.25) is 0 Å². The van der Waals surface area contributed by atoms with Crippen LogP contribution in [0.25, 0.3) is 0 Å². The van der Waals surface area contributed by atoms with E-state index in [9.17, 15) is 13.2 Å². The van der Waals surface area contributed by atoms with Gasteiger partial charge < -0.3 is 5.11 Å². The molecule has 1 aliphatic heterocycles. The van der Waals surface area contributed by atoms with Crippen LogP contribution >= 0.6 is 0 Å². The Balaban J connectivity index is 2.51. The van der Waals surface area contributed by atoms with Gasteiger partial charge >= 0.3 is 5.97 Å². The molecule has 7 heteroatoms. The third-order valence-electron chi connectivity index (χ3n) is 2.91. The van der Waals surface area contributed by atoms with E-state index in [4.69, 9.17) is 5.11 Å². The molecule has 2 N–H and O–H groups in total. The largest absolute Gasteiger partial charge is 0.481 e. The van der Waals surface area contributed by atoms with Crippen molar-refractivity contribution >= 4 is 16.2 Å². The minimum absolute atomic E-state index is 0.111. The Kier molecular flexibility index (Phi) is 5.35. The molecule has 1 unspecified atom stereocenters. The van der Waals surface area contributed by atoms with Gasteiger partial charge in [0.2, 0.25) is 0 Å². The van der Waals surface area contributed by atoms with Gasteiger partial charge in [-0.1, -0.05) is 6.92 Å². The average Bonchev–Trinajstić information content (AvgIpc) is 2.27. The molecule has 0 aromatic rings. The van der Waals surface area contributed by atoms with Gasteiger partial charge in [0.05, 0.1) is 0 Å². The molecule has 1 fully saturated rings. The van der Waals surface area contributed by atoms with E-state index in [1.54, 1.807) is 6.92 Å². The number of carboxylic acid groups (broad SMARTS) is 1. The second-order valence-corrected chi connectivity index (χ2v) is 6.06. The van der Waals surface area contributed by atoms with E-state index in [-0.39, 0.29) is 12.3 Å². The minimum Gasteiger partial charge on any atom is -0.481 e. The number of nitrogens with one attached hydrogen (secondary N) is 1. The summed E-state index contributed by atoms with van der Waals surface area (Å²) < 4.78 is 27.4. The summed E-state index contributed by atoms with van der Waals surface area (Å²) in [7, 11) is -3.37.